The Balaban J connectivity index is 2.23. The third-order valence-corrected chi connectivity index (χ3v) is 8.48. The van der Waals surface area contributed by atoms with Crippen molar-refractivity contribution in [3.8, 4) is 0 Å². The van der Waals surface area contributed by atoms with E-state index < -0.39 is 8.32 Å². The summed E-state index contributed by atoms with van der Waals surface area (Å²) in [5, 5.41) is 0.334. The number of likely N-dealkylation sites (tertiary alicyclic amines) is 1. The summed E-state index contributed by atoms with van der Waals surface area (Å²) in [5.41, 5.74) is 0. The maximum absolute atomic E-state index is 6.18. The van der Waals surface area contributed by atoms with E-state index in [0.29, 0.717) is 5.04 Å². The van der Waals surface area contributed by atoms with E-state index in [1.807, 2.05) is 0 Å². The molecule has 0 aromatic carbocycles. The van der Waals surface area contributed by atoms with Gasteiger partial charge in [-0.05, 0) is 18.1 Å². The van der Waals surface area contributed by atoms with Crippen LogP contribution in [0.25, 0.3) is 0 Å². The van der Waals surface area contributed by atoms with Gasteiger partial charge in [-0.3, -0.25) is 4.90 Å². The molecule has 1 fully saturated rings. The zero-order valence-corrected chi connectivity index (χ0v) is 12.7. The molecule has 0 unspecified atom stereocenters. The number of rotatable bonds is 4. The number of hydrogen-bond acceptors (Lipinski definition) is 2. The predicted molar refractivity (Wildman–Crippen MR) is 73.1 cm³/mol. The van der Waals surface area contributed by atoms with Crippen LogP contribution in [0.1, 0.15) is 33.6 Å². The van der Waals surface area contributed by atoms with Gasteiger partial charge in [0.25, 0.3) is 0 Å². The average Bonchev–Trinajstić information content (AvgIpc) is 2.17. The summed E-state index contributed by atoms with van der Waals surface area (Å²) in [5.74, 6) is 0. The quantitative estimate of drug-likeness (QED) is 0.554. The Morgan fingerprint density at radius 1 is 1.31 bits per heavy atom. The highest BCUT2D eigenvalue weighted by atomic mass is 28.4. The van der Waals surface area contributed by atoms with Crippen LogP contribution in [0.4, 0.5) is 0 Å². The molecule has 1 saturated heterocycles. The molecule has 0 aromatic rings. The summed E-state index contributed by atoms with van der Waals surface area (Å²) in [7, 11) is -1.53. The Hall–Kier alpha value is 0.00688. The van der Waals surface area contributed by atoms with E-state index in [1.165, 1.54) is 19.4 Å². The van der Waals surface area contributed by atoms with Gasteiger partial charge in [-0.1, -0.05) is 20.8 Å². The fourth-order valence-corrected chi connectivity index (χ4v) is 2.71. The maximum atomic E-state index is 6.18. The SMILES string of the molecule is CC(C)(C)[Si](C)(C)OCCN1C[CH+]CCC1. The fraction of sp³-hybridized carbons (Fsp3) is 0.923. The first-order valence-corrected chi connectivity index (χ1v) is 9.42. The minimum absolute atomic E-state index is 0.334. The first-order valence-electron chi connectivity index (χ1n) is 6.51. The molecule has 0 atom stereocenters. The molecule has 0 radical (unpaired) electrons. The summed E-state index contributed by atoms with van der Waals surface area (Å²) >= 11 is 0. The van der Waals surface area contributed by atoms with Crippen molar-refractivity contribution >= 4 is 8.32 Å². The van der Waals surface area contributed by atoms with Crippen LogP contribution in [0.2, 0.25) is 18.1 Å². The number of nitrogens with zero attached hydrogens (tertiary/aromatic N) is 1. The smallest absolute Gasteiger partial charge is 0.192 e. The summed E-state index contributed by atoms with van der Waals surface area (Å²) < 4.78 is 6.18. The molecule has 0 bridgehead atoms. The molecular weight excluding hydrogens is 214 g/mol. The maximum Gasteiger partial charge on any atom is 0.192 e. The molecule has 0 spiro atoms. The van der Waals surface area contributed by atoms with Crippen molar-refractivity contribution in [2.75, 3.05) is 26.2 Å². The highest BCUT2D eigenvalue weighted by molar-refractivity contribution is 6.74. The van der Waals surface area contributed by atoms with E-state index in [0.717, 1.165) is 19.7 Å². The lowest BCUT2D eigenvalue weighted by molar-refractivity contribution is 0.193. The van der Waals surface area contributed by atoms with E-state index in [4.69, 9.17) is 4.43 Å². The summed E-state index contributed by atoms with van der Waals surface area (Å²) in [6.07, 6.45) is 5.00. The van der Waals surface area contributed by atoms with E-state index in [-0.39, 0.29) is 0 Å². The van der Waals surface area contributed by atoms with Crippen molar-refractivity contribution in [3.05, 3.63) is 6.42 Å². The minimum atomic E-state index is -1.53. The topological polar surface area (TPSA) is 12.5 Å². The lowest BCUT2D eigenvalue weighted by atomic mass is 10.1. The van der Waals surface area contributed by atoms with Crippen LogP contribution in [0.3, 0.4) is 0 Å². The molecule has 0 saturated carbocycles. The Bertz CT molecular complexity index is 204. The van der Waals surface area contributed by atoms with Gasteiger partial charge < -0.3 is 4.43 Å². The van der Waals surface area contributed by atoms with Gasteiger partial charge in [0.1, 0.15) is 6.54 Å². The van der Waals surface area contributed by atoms with Crippen molar-refractivity contribution in [2.45, 2.75) is 51.7 Å². The van der Waals surface area contributed by atoms with Crippen LogP contribution >= 0.6 is 0 Å². The molecule has 0 aromatic heterocycles. The van der Waals surface area contributed by atoms with Crippen LogP contribution in [-0.2, 0) is 4.43 Å². The second-order valence-electron chi connectivity index (χ2n) is 6.34. The molecule has 0 N–H and O–H groups in total. The fourth-order valence-electron chi connectivity index (χ4n) is 1.67. The molecular formula is C13H28NOSi+. The third kappa shape index (κ3) is 4.11. The van der Waals surface area contributed by atoms with E-state index in [1.54, 1.807) is 0 Å². The normalized spacial score (nSPS) is 19.6. The van der Waals surface area contributed by atoms with Crippen LogP contribution in [-0.4, -0.2) is 39.5 Å². The average molecular weight is 242 g/mol. The molecule has 2 nitrogen and oxygen atoms in total. The Labute approximate surface area is 102 Å². The van der Waals surface area contributed by atoms with Crippen molar-refractivity contribution in [3.63, 3.8) is 0 Å². The first kappa shape index (κ1) is 14.1. The third-order valence-electron chi connectivity index (χ3n) is 3.95. The standard InChI is InChI=1S/C13H28NOSi/c1-13(2,3)16(4,5)15-12-11-14-9-7-6-8-10-14/h7H,6,8-12H2,1-5H3/q+1. The molecule has 3 heteroatoms. The molecule has 1 heterocycles. The van der Waals surface area contributed by atoms with Gasteiger partial charge in [0.2, 0.25) is 0 Å². The van der Waals surface area contributed by atoms with Gasteiger partial charge >= 0.3 is 0 Å². The van der Waals surface area contributed by atoms with Gasteiger partial charge in [0, 0.05) is 26.1 Å². The predicted octanol–water partition coefficient (Wildman–Crippen LogP) is 3.31. The molecule has 1 rings (SSSR count). The number of hydrogen-bond donors (Lipinski definition) is 0. The minimum Gasteiger partial charge on any atom is -0.416 e. The van der Waals surface area contributed by atoms with Crippen LogP contribution in [0.5, 0.6) is 0 Å². The van der Waals surface area contributed by atoms with Gasteiger partial charge in [0.05, 0.1) is 12.8 Å². The summed E-state index contributed by atoms with van der Waals surface area (Å²) in [6.45, 7) is 16.0. The van der Waals surface area contributed by atoms with Crippen molar-refractivity contribution in [1.82, 2.24) is 4.90 Å². The molecule has 94 valence electrons. The van der Waals surface area contributed by atoms with E-state index in [2.05, 4.69) is 45.2 Å². The van der Waals surface area contributed by atoms with Crippen molar-refractivity contribution in [1.29, 1.82) is 0 Å². The largest absolute Gasteiger partial charge is 0.416 e. The van der Waals surface area contributed by atoms with Crippen LogP contribution in [0.15, 0.2) is 0 Å². The van der Waals surface area contributed by atoms with Crippen LogP contribution < -0.4 is 0 Å². The van der Waals surface area contributed by atoms with Gasteiger partial charge in [-0.25, -0.2) is 0 Å². The molecule has 1 aliphatic heterocycles. The second kappa shape index (κ2) is 5.56. The van der Waals surface area contributed by atoms with E-state index >= 15 is 0 Å². The highest BCUT2D eigenvalue weighted by Gasteiger charge is 2.37. The Kier molecular flexibility index (Phi) is 4.89. The lowest BCUT2D eigenvalue weighted by Crippen LogP contribution is -2.43. The molecule has 0 amide bonds. The monoisotopic (exact) mass is 242 g/mol. The highest BCUT2D eigenvalue weighted by Crippen LogP contribution is 2.36. The summed E-state index contributed by atoms with van der Waals surface area (Å²) in [6, 6.07) is 0. The molecule has 0 aliphatic carbocycles. The lowest BCUT2D eigenvalue weighted by Gasteiger charge is -2.36. The summed E-state index contributed by atoms with van der Waals surface area (Å²) in [4.78, 5) is 2.50. The molecule has 16 heavy (non-hydrogen) atoms. The van der Waals surface area contributed by atoms with E-state index in [9.17, 15) is 0 Å². The Morgan fingerprint density at radius 2 is 2.00 bits per heavy atom. The van der Waals surface area contributed by atoms with Crippen LogP contribution in [0, 0.1) is 6.42 Å². The van der Waals surface area contributed by atoms with Gasteiger partial charge in [-0.15, -0.1) is 0 Å². The zero-order valence-electron chi connectivity index (χ0n) is 11.7. The van der Waals surface area contributed by atoms with Gasteiger partial charge in [0.15, 0.2) is 8.32 Å². The van der Waals surface area contributed by atoms with Gasteiger partial charge in [-0.2, -0.15) is 0 Å². The second-order valence-corrected chi connectivity index (χ2v) is 11.1. The molecule has 1 aliphatic rings. The first-order chi connectivity index (χ1) is 7.33. The number of piperidine rings is 1. The Morgan fingerprint density at radius 3 is 2.50 bits per heavy atom. The van der Waals surface area contributed by atoms with Crippen molar-refractivity contribution < 1.29 is 4.43 Å². The zero-order chi connectivity index (χ0) is 12.2. The van der Waals surface area contributed by atoms with Crippen molar-refractivity contribution in [2.24, 2.45) is 0 Å².